The van der Waals surface area contributed by atoms with Crippen molar-refractivity contribution < 1.29 is 9.13 Å². The third kappa shape index (κ3) is 6.28. The fourth-order valence-electron chi connectivity index (χ4n) is 3.80. The Kier molecular flexibility index (Phi) is 8.22. The normalized spacial score (nSPS) is 17.4. The van der Waals surface area contributed by atoms with Gasteiger partial charge in [0.05, 0.1) is 6.54 Å². The molecule has 5 nitrogen and oxygen atoms in total. The molecular formula is C24H33FN4O. The van der Waals surface area contributed by atoms with Crippen LogP contribution in [0.4, 0.5) is 4.39 Å². The molecule has 1 atom stereocenters. The van der Waals surface area contributed by atoms with E-state index in [9.17, 15) is 4.39 Å². The van der Waals surface area contributed by atoms with E-state index in [4.69, 9.17) is 4.74 Å². The summed E-state index contributed by atoms with van der Waals surface area (Å²) in [4.78, 5) is 4.59. The number of hydrogen-bond donors (Lipinski definition) is 3. The number of benzene rings is 2. The highest BCUT2D eigenvalue weighted by atomic mass is 19.1. The van der Waals surface area contributed by atoms with Crippen LogP contribution in [-0.4, -0.2) is 37.8 Å². The Labute approximate surface area is 179 Å². The lowest BCUT2D eigenvalue weighted by Gasteiger charge is -2.41. The zero-order chi connectivity index (χ0) is 21.2. The van der Waals surface area contributed by atoms with Crippen molar-refractivity contribution in [1.29, 1.82) is 0 Å². The smallest absolute Gasteiger partial charge is 0.191 e. The monoisotopic (exact) mass is 412 g/mol. The highest BCUT2D eigenvalue weighted by molar-refractivity contribution is 5.79. The second-order valence-electron chi connectivity index (χ2n) is 7.81. The van der Waals surface area contributed by atoms with Gasteiger partial charge in [0.2, 0.25) is 0 Å². The lowest BCUT2D eigenvalue weighted by molar-refractivity contribution is 0.0355. The Hall–Kier alpha value is -2.44. The number of nitrogens with zero attached hydrogens (tertiary/aromatic N) is 1. The molecule has 6 heteroatoms. The first kappa shape index (κ1) is 22.2. The van der Waals surface area contributed by atoms with Crippen molar-refractivity contribution in [3.8, 4) is 0 Å². The Morgan fingerprint density at radius 1 is 1.07 bits per heavy atom. The topological polar surface area (TPSA) is 57.7 Å². The molecular weight excluding hydrogens is 379 g/mol. The average Bonchev–Trinajstić information content (AvgIpc) is 2.78. The maximum atomic E-state index is 13.9. The summed E-state index contributed by atoms with van der Waals surface area (Å²) in [5.41, 5.74) is 1.76. The van der Waals surface area contributed by atoms with Crippen molar-refractivity contribution in [2.24, 2.45) is 4.99 Å². The van der Waals surface area contributed by atoms with Crippen LogP contribution in [-0.2, 0) is 11.3 Å². The van der Waals surface area contributed by atoms with E-state index >= 15 is 0 Å². The molecule has 1 saturated heterocycles. The van der Waals surface area contributed by atoms with Crippen molar-refractivity contribution in [2.45, 2.75) is 44.8 Å². The standard InChI is InChI=1S/C24H33FN4O/c1-3-26-23(27-17-21-11-7-8-12-22(21)25)28-18-24(13-15-30-16-14-24)29-19(2)20-9-5-4-6-10-20/h4-12,19,29H,3,13-18H2,1-2H3,(H2,26,27,28). The molecule has 1 heterocycles. The molecule has 0 aliphatic carbocycles. The molecule has 162 valence electrons. The summed E-state index contributed by atoms with van der Waals surface area (Å²) in [6.07, 6.45) is 1.84. The second kappa shape index (κ2) is 11.1. The van der Waals surface area contributed by atoms with E-state index in [0.717, 1.165) is 39.1 Å². The Morgan fingerprint density at radius 2 is 1.77 bits per heavy atom. The number of nitrogens with one attached hydrogen (secondary N) is 3. The molecule has 0 bridgehead atoms. The van der Waals surface area contributed by atoms with Gasteiger partial charge in [-0.3, -0.25) is 0 Å². The molecule has 1 fully saturated rings. The van der Waals surface area contributed by atoms with E-state index in [1.165, 1.54) is 11.6 Å². The van der Waals surface area contributed by atoms with Crippen LogP contribution in [0.5, 0.6) is 0 Å². The lowest BCUT2D eigenvalue weighted by atomic mass is 9.88. The van der Waals surface area contributed by atoms with Gasteiger partial charge in [0, 0.05) is 43.4 Å². The number of ether oxygens (including phenoxy) is 1. The van der Waals surface area contributed by atoms with Crippen LogP contribution >= 0.6 is 0 Å². The van der Waals surface area contributed by atoms with Gasteiger partial charge < -0.3 is 20.7 Å². The predicted octanol–water partition coefficient (Wildman–Crippen LogP) is 3.78. The highest BCUT2D eigenvalue weighted by Crippen LogP contribution is 2.25. The van der Waals surface area contributed by atoms with Crippen molar-refractivity contribution in [3.63, 3.8) is 0 Å². The summed E-state index contributed by atoms with van der Waals surface area (Å²) in [5.74, 6) is 0.470. The first-order valence-electron chi connectivity index (χ1n) is 10.8. The zero-order valence-corrected chi connectivity index (χ0v) is 18.0. The molecule has 2 aromatic rings. The van der Waals surface area contributed by atoms with Gasteiger partial charge >= 0.3 is 0 Å². The highest BCUT2D eigenvalue weighted by Gasteiger charge is 2.34. The van der Waals surface area contributed by atoms with Crippen molar-refractivity contribution in [2.75, 3.05) is 26.3 Å². The van der Waals surface area contributed by atoms with E-state index in [1.54, 1.807) is 12.1 Å². The molecule has 0 saturated carbocycles. The fraction of sp³-hybridized carbons (Fsp3) is 0.458. The predicted molar refractivity (Wildman–Crippen MR) is 120 cm³/mol. The molecule has 1 aliphatic rings. The Bertz CT molecular complexity index is 806. The van der Waals surface area contributed by atoms with Gasteiger partial charge in [-0.05, 0) is 38.3 Å². The van der Waals surface area contributed by atoms with Gasteiger partial charge in [-0.25, -0.2) is 9.38 Å². The van der Waals surface area contributed by atoms with E-state index in [1.807, 2.05) is 19.1 Å². The summed E-state index contributed by atoms with van der Waals surface area (Å²) < 4.78 is 19.6. The summed E-state index contributed by atoms with van der Waals surface area (Å²) >= 11 is 0. The average molecular weight is 413 g/mol. The molecule has 0 spiro atoms. The SMILES string of the molecule is CCNC(=NCc1ccccc1F)NCC1(NC(C)c2ccccc2)CCOCC1. The minimum Gasteiger partial charge on any atom is -0.381 e. The van der Waals surface area contributed by atoms with Crippen LogP contribution in [0.2, 0.25) is 0 Å². The molecule has 30 heavy (non-hydrogen) atoms. The fourth-order valence-corrected chi connectivity index (χ4v) is 3.80. The lowest BCUT2D eigenvalue weighted by Crippen LogP contribution is -2.58. The molecule has 1 aliphatic heterocycles. The Morgan fingerprint density at radius 3 is 2.47 bits per heavy atom. The second-order valence-corrected chi connectivity index (χ2v) is 7.81. The largest absolute Gasteiger partial charge is 0.381 e. The van der Waals surface area contributed by atoms with E-state index in [0.29, 0.717) is 18.1 Å². The van der Waals surface area contributed by atoms with E-state index in [2.05, 4.69) is 52.1 Å². The van der Waals surface area contributed by atoms with Crippen LogP contribution in [0.3, 0.4) is 0 Å². The summed E-state index contributed by atoms with van der Waals surface area (Å²) in [5, 5.41) is 10.6. The van der Waals surface area contributed by atoms with Gasteiger partial charge in [0.1, 0.15) is 5.82 Å². The molecule has 0 radical (unpaired) electrons. The number of rotatable bonds is 8. The van der Waals surface area contributed by atoms with Crippen LogP contribution in [0.25, 0.3) is 0 Å². The van der Waals surface area contributed by atoms with Crippen LogP contribution < -0.4 is 16.0 Å². The molecule has 2 aromatic carbocycles. The maximum Gasteiger partial charge on any atom is 0.191 e. The van der Waals surface area contributed by atoms with Gasteiger partial charge in [-0.1, -0.05) is 48.5 Å². The van der Waals surface area contributed by atoms with Crippen molar-refractivity contribution in [3.05, 3.63) is 71.5 Å². The molecule has 3 rings (SSSR count). The maximum absolute atomic E-state index is 13.9. The Balaban J connectivity index is 1.68. The van der Waals surface area contributed by atoms with Gasteiger partial charge in [-0.15, -0.1) is 0 Å². The number of hydrogen-bond acceptors (Lipinski definition) is 3. The van der Waals surface area contributed by atoms with Crippen LogP contribution in [0, 0.1) is 5.82 Å². The third-order valence-corrected chi connectivity index (χ3v) is 5.58. The summed E-state index contributed by atoms with van der Waals surface area (Å²) in [6.45, 7) is 7.46. The summed E-state index contributed by atoms with van der Waals surface area (Å²) in [6, 6.07) is 17.5. The van der Waals surface area contributed by atoms with Crippen molar-refractivity contribution in [1.82, 2.24) is 16.0 Å². The first-order chi connectivity index (χ1) is 14.6. The number of halogens is 1. The van der Waals surface area contributed by atoms with E-state index < -0.39 is 0 Å². The van der Waals surface area contributed by atoms with Crippen molar-refractivity contribution >= 4 is 5.96 Å². The van der Waals surface area contributed by atoms with Gasteiger partial charge in [0.25, 0.3) is 0 Å². The number of aliphatic imine (C=N–C) groups is 1. The molecule has 3 N–H and O–H groups in total. The van der Waals surface area contributed by atoms with Gasteiger partial charge in [-0.2, -0.15) is 0 Å². The molecule has 1 unspecified atom stereocenters. The first-order valence-corrected chi connectivity index (χ1v) is 10.8. The molecule has 0 amide bonds. The number of guanidine groups is 1. The molecule has 0 aromatic heterocycles. The van der Waals surface area contributed by atoms with Crippen LogP contribution in [0.1, 0.15) is 43.9 Å². The third-order valence-electron chi connectivity index (χ3n) is 5.58. The van der Waals surface area contributed by atoms with Crippen LogP contribution in [0.15, 0.2) is 59.6 Å². The zero-order valence-electron chi connectivity index (χ0n) is 18.0. The quantitative estimate of drug-likeness (QED) is 0.456. The minimum absolute atomic E-state index is 0.0955. The van der Waals surface area contributed by atoms with E-state index in [-0.39, 0.29) is 17.4 Å². The minimum atomic E-state index is -0.226. The van der Waals surface area contributed by atoms with Gasteiger partial charge in [0.15, 0.2) is 5.96 Å². The summed E-state index contributed by atoms with van der Waals surface area (Å²) in [7, 11) is 0.